The van der Waals surface area contributed by atoms with Gasteiger partial charge in [-0.3, -0.25) is 4.99 Å². The number of halogens is 1. The Morgan fingerprint density at radius 1 is 1.24 bits per heavy atom. The highest BCUT2D eigenvalue weighted by molar-refractivity contribution is 14.0. The van der Waals surface area contributed by atoms with Crippen LogP contribution >= 0.6 is 24.0 Å². The molecule has 0 atom stereocenters. The Kier molecular flexibility index (Phi) is 10.8. The highest BCUT2D eigenvalue weighted by atomic mass is 127. The Morgan fingerprint density at radius 3 is 2.68 bits per heavy atom. The number of aliphatic imine (C=N–C) groups is 1. The van der Waals surface area contributed by atoms with E-state index < -0.39 is 0 Å². The van der Waals surface area contributed by atoms with E-state index in [0.717, 1.165) is 44.1 Å². The molecule has 0 aromatic carbocycles. The summed E-state index contributed by atoms with van der Waals surface area (Å²) in [5, 5.41) is 10.7. The predicted octanol–water partition coefficient (Wildman–Crippen LogP) is 3.80. The zero-order chi connectivity index (χ0) is 17.2. The summed E-state index contributed by atoms with van der Waals surface area (Å²) in [6.07, 6.45) is 10.4. The first-order valence-electron chi connectivity index (χ1n) is 9.14. The Balaban J connectivity index is 0.00000312. The Labute approximate surface area is 168 Å². The van der Waals surface area contributed by atoms with Crippen LogP contribution in [0.5, 0.6) is 0 Å². The van der Waals surface area contributed by atoms with Crippen LogP contribution in [-0.2, 0) is 6.42 Å². The maximum Gasteiger partial charge on any atom is 0.226 e. The normalized spacial score (nSPS) is 14.9. The van der Waals surface area contributed by atoms with E-state index in [-0.39, 0.29) is 24.0 Å². The Hall–Kier alpha value is -1.12. The van der Waals surface area contributed by atoms with Crippen molar-refractivity contribution in [3.8, 4) is 0 Å². The summed E-state index contributed by atoms with van der Waals surface area (Å²) in [4.78, 5) is 8.66. The van der Waals surface area contributed by atoms with Crippen LogP contribution in [0.4, 0.5) is 0 Å². The number of rotatable bonds is 8. The van der Waals surface area contributed by atoms with Gasteiger partial charge in [-0.25, -0.2) is 0 Å². The molecule has 0 fully saturated rings. The first kappa shape index (κ1) is 21.9. The highest BCUT2D eigenvalue weighted by Gasteiger charge is 2.09. The highest BCUT2D eigenvalue weighted by Crippen LogP contribution is 2.19. The molecule has 0 radical (unpaired) electrons. The number of nitrogens with zero attached hydrogens (tertiary/aromatic N) is 3. The molecule has 25 heavy (non-hydrogen) atoms. The van der Waals surface area contributed by atoms with E-state index >= 15 is 0 Å². The maximum absolute atomic E-state index is 5.25. The average Bonchev–Trinajstić information content (AvgIpc) is 3.07. The quantitative estimate of drug-likeness (QED) is 0.203. The number of aromatic nitrogens is 2. The van der Waals surface area contributed by atoms with E-state index in [1.165, 1.54) is 25.7 Å². The van der Waals surface area contributed by atoms with Gasteiger partial charge in [-0.05, 0) is 38.5 Å². The summed E-state index contributed by atoms with van der Waals surface area (Å²) in [7, 11) is 1.81. The second kappa shape index (κ2) is 12.3. The van der Waals surface area contributed by atoms with Crippen molar-refractivity contribution >= 4 is 29.9 Å². The van der Waals surface area contributed by atoms with Crippen LogP contribution < -0.4 is 10.6 Å². The molecule has 0 bridgehead atoms. The van der Waals surface area contributed by atoms with Crippen LogP contribution in [0.3, 0.4) is 0 Å². The lowest BCUT2D eigenvalue weighted by Gasteiger charge is -2.15. The van der Waals surface area contributed by atoms with Gasteiger partial charge in [-0.1, -0.05) is 30.7 Å². The smallest absolute Gasteiger partial charge is 0.226 e. The van der Waals surface area contributed by atoms with E-state index in [1.807, 2.05) is 7.05 Å². The molecule has 142 valence electrons. The molecule has 0 saturated carbocycles. The lowest BCUT2D eigenvalue weighted by molar-refractivity contribution is 0.368. The molecule has 2 rings (SSSR count). The SMILES string of the molecule is CN=C(NCCCc1nc(C(C)C)no1)NCCC1=CCCCC1.I. The second-order valence-corrected chi connectivity index (χ2v) is 6.59. The van der Waals surface area contributed by atoms with Crippen LogP contribution in [-0.4, -0.2) is 36.2 Å². The number of hydrogen-bond donors (Lipinski definition) is 2. The van der Waals surface area contributed by atoms with E-state index in [9.17, 15) is 0 Å². The van der Waals surface area contributed by atoms with Crippen molar-refractivity contribution in [1.82, 2.24) is 20.8 Å². The Morgan fingerprint density at radius 2 is 2.04 bits per heavy atom. The van der Waals surface area contributed by atoms with E-state index in [0.29, 0.717) is 11.8 Å². The molecule has 2 N–H and O–H groups in total. The standard InChI is InChI=1S/C18H31N5O.HI/c1-14(2)17-22-16(24-23-17)10-7-12-20-18(19-3)21-13-11-15-8-5-4-6-9-15;/h8,14H,4-7,9-13H2,1-3H3,(H2,19,20,21);1H. The molecule has 7 heteroatoms. The number of guanidine groups is 1. The van der Waals surface area contributed by atoms with Crippen molar-refractivity contribution in [3.63, 3.8) is 0 Å². The predicted molar refractivity (Wildman–Crippen MR) is 113 cm³/mol. The van der Waals surface area contributed by atoms with Crippen molar-refractivity contribution in [3.05, 3.63) is 23.4 Å². The van der Waals surface area contributed by atoms with Crippen molar-refractivity contribution in [2.45, 2.75) is 64.7 Å². The van der Waals surface area contributed by atoms with Gasteiger partial charge >= 0.3 is 0 Å². The molecule has 0 amide bonds. The third kappa shape index (κ3) is 8.20. The van der Waals surface area contributed by atoms with Gasteiger partial charge in [0.05, 0.1) is 0 Å². The van der Waals surface area contributed by atoms with Gasteiger partial charge in [0, 0.05) is 32.5 Å². The van der Waals surface area contributed by atoms with Gasteiger partial charge in [0.25, 0.3) is 0 Å². The molecule has 1 heterocycles. The lowest BCUT2D eigenvalue weighted by atomic mass is 9.97. The monoisotopic (exact) mass is 461 g/mol. The van der Waals surface area contributed by atoms with Crippen molar-refractivity contribution < 1.29 is 4.52 Å². The minimum Gasteiger partial charge on any atom is -0.356 e. The van der Waals surface area contributed by atoms with Gasteiger partial charge < -0.3 is 15.2 Å². The second-order valence-electron chi connectivity index (χ2n) is 6.59. The molecule has 1 aliphatic rings. The van der Waals surface area contributed by atoms with Gasteiger partial charge in [-0.2, -0.15) is 4.98 Å². The fourth-order valence-corrected chi connectivity index (χ4v) is 2.74. The summed E-state index contributed by atoms with van der Waals surface area (Å²) in [5.74, 6) is 2.67. The van der Waals surface area contributed by atoms with Crippen LogP contribution in [0.2, 0.25) is 0 Å². The zero-order valence-corrected chi connectivity index (χ0v) is 18.0. The average molecular weight is 461 g/mol. The van der Waals surface area contributed by atoms with Crippen molar-refractivity contribution in [2.75, 3.05) is 20.1 Å². The maximum atomic E-state index is 5.25. The number of aryl methyl sites for hydroxylation is 1. The third-order valence-corrected chi connectivity index (χ3v) is 4.21. The van der Waals surface area contributed by atoms with Crippen molar-refractivity contribution in [2.24, 2.45) is 4.99 Å². The molecular formula is C18H32IN5O. The number of hydrogen-bond acceptors (Lipinski definition) is 4. The third-order valence-electron chi connectivity index (χ3n) is 4.21. The summed E-state index contributed by atoms with van der Waals surface area (Å²) in [5.41, 5.74) is 1.58. The minimum absolute atomic E-state index is 0. The molecule has 0 unspecified atom stereocenters. The van der Waals surface area contributed by atoms with Crippen LogP contribution in [0, 0.1) is 0 Å². The molecule has 1 aliphatic carbocycles. The van der Waals surface area contributed by atoms with Gasteiger partial charge in [0.15, 0.2) is 11.8 Å². The molecule has 0 saturated heterocycles. The summed E-state index contributed by atoms with van der Waals surface area (Å²) in [6, 6.07) is 0. The summed E-state index contributed by atoms with van der Waals surface area (Å²) < 4.78 is 5.25. The fourth-order valence-electron chi connectivity index (χ4n) is 2.74. The molecule has 0 aliphatic heterocycles. The topological polar surface area (TPSA) is 75.3 Å². The largest absolute Gasteiger partial charge is 0.356 e. The van der Waals surface area contributed by atoms with E-state index in [1.54, 1.807) is 5.57 Å². The molecule has 1 aromatic heterocycles. The van der Waals surface area contributed by atoms with Crippen LogP contribution in [0.25, 0.3) is 0 Å². The van der Waals surface area contributed by atoms with E-state index in [2.05, 4.69) is 45.7 Å². The van der Waals surface area contributed by atoms with Crippen LogP contribution in [0.15, 0.2) is 21.2 Å². The number of allylic oxidation sites excluding steroid dienone is 1. The lowest BCUT2D eigenvalue weighted by Crippen LogP contribution is -2.38. The first-order valence-corrected chi connectivity index (χ1v) is 9.14. The molecular weight excluding hydrogens is 429 g/mol. The summed E-state index contributed by atoms with van der Waals surface area (Å²) in [6.45, 7) is 5.90. The minimum atomic E-state index is 0. The molecule has 1 aromatic rings. The van der Waals surface area contributed by atoms with Gasteiger partial charge in [-0.15, -0.1) is 24.0 Å². The van der Waals surface area contributed by atoms with E-state index in [4.69, 9.17) is 4.52 Å². The molecule has 6 nitrogen and oxygen atoms in total. The Bertz CT molecular complexity index is 553. The van der Waals surface area contributed by atoms with Crippen molar-refractivity contribution in [1.29, 1.82) is 0 Å². The zero-order valence-electron chi connectivity index (χ0n) is 15.7. The fraction of sp³-hybridized carbons (Fsp3) is 0.722. The summed E-state index contributed by atoms with van der Waals surface area (Å²) >= 11 is 0. The van der Waals surface area contributed by atoms with Gasteiger partial charge in [0.1, 0.15) is 0 Å². The number of nitrogens with one attached hydrogen (secondary N) is 2. The first-order chi connectivity index (χ1) is 11.7. The van der Waals surface area contributed by atoms with Gasteiger partial charge in [0.2, 0.25) is 5.89 Å². The molecule has 0 spiro atoms. The van der Waals surface area contributed by atoms with Crippen LogP contribution in [0.1, 0.15) is 70.0 Å².